The molecule has 0 saturated heterocycles. The normalized spacial score (nSPS) is 11.2. The molecule has 18 heavy (non-hydrogen) atoms. The highest BCUT2D eigenvalue weighted by Gasteiger charge is 2.09. The smallest absolute Gasteiger partial charge is 0.303 e. The van der Waals surface area contributed by atoms with Gasteiger partial charge < -0.3 is 14.9 Å². The minimum Gasteiger partial charge on any atom is -0.493 e. The summed E-state index contributed by atoms with van der Waals surface area (Å²) in [7, 11) is 1.59. The zero-order chi connectivity index (χ0) is 13.5. The van der Waals surface area contributed by atoms with E-state index in [4.69, 9.17) is 22.1 Å². The van der Waals surface area contributed by atoms with Crippen LogP contribution in [0.4, 0.5) is 0 Å². The third-order valence-corrected chi connectivity index (χ3v) is 3.60. The van der Waals surface area contributed by atoms with Crippen LogP contribution < -0.4 is 0 Å². The van der Waals surface area contributed by atoms with Crippen molar-refractivity contribution in [1.82, 2.24) is 4.57 Å². The number of carboxylic acid groups (broad SMARTS) is 1. The van der Waals surface area contributed by atoms with Crippen molar-refractivity contribution in [3.05, 3.63) is 14.9 Å². The maximum atomic E-state index is 10.4. The van der Waals surface area contributed by atoms with Crippen LogP contribution in [0.15, 0.2) is 6.08 Å². The second kappa shape index (κ2) is 7.30. The van der Waals surface area contributed by atoms with Gasteiger partial charge in [-0.1, -0.05) is 6.08 Å². The second-order valence-electron chi connectivity index (χ2n) is 3.56. The molecule has 1 rings (SSSR count). The molecule has 0 atom stereocenters. The van der Waals surface area contributed by atoms with Crippen molar-refractivity contribution in [3.63, 3.8) is 0 Å². The van der Waals surface area contributed by atoms with E-state index in [2.05, 4.69) is 0 Å². The molecule has 0 aliphatic rings. The number of hydrogen-bond donors (Lipinski definition) is 2. The molecular weight excluding hydrogens is 274 g/mol. The Hall–Kier alpha value is -1.18. The summed E-state index contributed by atoms with van der Waals surface area (Å²) in [5, 5.41) is 18.5. The van der Waals surface area contributed by atoms with Gasteiger partial charge in [0.05, 0.1) is 11.5 Å². The van der Waals surface area contributed by atoms with E-state index in [1.54, 1.807) is 23.8 Å². The first-order valence-electron chi connectivity index (χ1n) is 5.36. The summed E-state index contributed by atoms with van der Waals surface area (Å²) >= 11 is 6.42. The largest absolute Gasteiger partial charge is 0.493 e. The van der Waals surface area contributed by atoms with Gasteiger partial charge in [-0.3, -0.25) is 9.36 Å². The molecule has 1 aromatic rings. The van der Waals surface area contributed by atoms with Gasteiger partial charge in [-0.05, 0) is 24.7 Å². The van der Waals surface area contributed by atoms with E-state index in [0.29, 0.717) is 28.4 Å². The van der Waals surface area contributed by atoms with E-state index in [0.717, 1.165) is 0 Å². The zero-order valence-electron chi connectivity index (χ0n) is 9.96. The minimum atomic E-state index is -0.851. The molecule has 5 nitrogen and oxygen atoms in total. The fourth-order valence-corrected chi connectivity index (χ4v) is 2.65. The van der Waals surface area contributed by atoms with Gasteiger partial charge in [-0.15, -0.1) is 11.3 Å². The summed E-state index contributed by atoms with van der Waals surface area (Å²) in [6, 6.07) is 0. The van der Waals surface area contributed by atoms with E-state index in [9.17, 15) is 9.90 Å². The first-order chi connectivity index (χ1) is 8.56. The molecule has 0 aromatic carbocycles. The van der Waals surface area contributed by atoms with Crippen molar-refractivity contribution in [2.45, 2.75) is 19.4 Å². The van der Waals surface area contributed by atoms with Crippen molar-refractivity contribution < 1.29 is 19.7 Å². The minimum absolute atomic E-state index is 0.0614. The predicted octanol–water partition coefficient (Wildman–Crippen LogP) is 2.51. The van der Waals surface area contributed by atoms with Crippen molar-refractivity contribution in [2.75, 3.05) is 13.7 Å². The molecule has 0 radical (unpaired) electrons. The lowest BCUT2D eigenvalue weighted by Crippen LogP contribution is -2.01. The van der Waals surface area contributed by atoms with Crippen molar-refractivity contribution >= 4 is 35.6 Å². The number of ether oxygens (including phenoxy) is 1. The third kappa shape index (κ3) is 4.25. The lowest BCUT2D eigenvalue weighted by molar-refractivity contribution is -0.137. The number of carboxylic acids is 1. The Bertz CT molecular complexity index is 490. The lowest BCUT2D eigenvalue weighted by Gasteiger charge is -2.02. The Balaban J connectivity index is 2.74. The molecule has 0 amide bonds. The monoisotopic (exact) mass is 289 g/mol. The Labute approximate surface area is 114 Å². The number of hydrogen-bond acceptors (Lipinski definition) is 5. The molecule has 0 aliphatic carbocycles. The van der Waals surface area contributed by atoms with Gasteiger partial charge in [-0.2, -0.15) is 0 Å². The molecule has 0 saturated carbocycles. The number of thiazole rings is 1. The molecule has 1 heterocycles. The highest BCUT2D eigenvalue weighted by Crippen LogP contribution is 2.27. The van der Waals surface area contributed by atoms with Gasteiger partial charge in [0, 0.05) is 20.1 Å². The summed E-state index contributed by atoms with van der Waals surface area (Å²) in [5.74, 6) is -0.765. The van der Waals surface area contributed by atoms with Crippen LogP contribution in [0, 0.1) is 3.95 Å². The second-order valence-corrected chi connectivity index (χ2v) is 5.24. The molecule has 0 unspecified atom stereocenters. The van der Waals surface area contributed by atoms with Crippen molar-refractivity contribution in [3.8, 4) is 5.88 Å². The van der Waals surface area contributed by atoms with Gasteiger partial charge >= 0.3 is 5.97 Å². The topological polar surface area (TPSA) is 71.7 Å². The van der Waals surface area contributed by atoms with E-state index in [1.807, 2.05) is 0 Å². The van der Waals surface area contributed by atoms with E-state index >= 15 is 0 Å². The number of methoxy groups -OCH3 is 1. The summed E-state index contributed by atoms with van der Waals surface area (Å²) in [6.45, 7) is 0.870. The van der Waals surface area contributed by atoms with Crippen LogP contribution in [-0.4, -0.2) is 34.5 Å². The molecular formula is C11H15NO4S2. The lowest BCUT2D eigenvalue weighted by atomic mass is 10.3. The third-order valence-electron chi connectivity index (χ3n) is 2.20. The van der Waals surface area contributed by atoms with Gasteiger partial charge in [0.25, 0.3) is 0 Å². The summed E-state index contributed by atoms with van der Waals surface area (Å²) < 4.78 is 6.96. The molecule has 100 valence electrons. The fourth-order valence-electron chi connectivity index (χ4n) is 1.36. The first-order valence-corrected chi connectivity index (χ1v) is 6.58. The average molecular weight is 289 g/mol. The predicted molar refractivity (Wildman–Crippen MR) is 72.6 cm³/mol. The maximum Gasteiger partial charge on any atom is 0.303 e. The molecule has 0 fully saturated rings. The average Bonchev–Trinajstić information content (AvgIpc) is 2.56. The number of aromatic nitrogens is 1. The Morgan fingerprint density at radius 3 is 2.94 bits per heavy atom. The molecule has 1 aromatic heterocycles. The first kappa shape index (κ1) is 14.9. The van der Waals surface area contributed by atoms with E-state index in [-0.39, 0.29) is 12.3 Å². The van der Waals surface area contributed by atoms with Gasteiger partial charge in [0.2, 0.25) is 5.88 Å². The number of nitrogens with zero attached hydrogens (tertiary/aromatic N) is 1. The SMILES string of the molecule is COCC=Cc1sc(=S)n(CCCC(=O)O)c1O. The summed E-state index contributed by atoms with van der Waals surface area (Å²) in [5.41, 5.74) is 0. The highest BCUT2D eigenvalue weighted by molar-refractivity contribution is 7.73. The highest BCUT2D eigenvalue weighted by atomic mass is 32.1. The Morgan fingerprint density at radius 1 is 1.61 bits per heavy atom. The molecule has 0 spiro atoms. The number of aliphatic carboxylic acids is 1. The molecule has 0 bridgehead atoms. The van der Waals surface area contributed by atoms with Crippen molar-refractivity contribution in [2.24, 2.45) is 0 Å². The summed E-state index contributed by atoms with van der Waals surface area (Å²) in [6.07, 6.45) is 4.02. The van der Waals surface area contributed by atoms with Crippen LogP contribution in [0.25, 0.3) is 6.08 Å². The Morgan fingerprint density at radius 2 is 2.33 bits per heavy atom. The summed E-state index contributed by atoms with van der Waals surface area (Å²) in [4.78, 5) is 11.1. The number of carbonyl (C=O) groups is 1. The zero-order valence-corrected chi connectivity index (χ0v) is 11.6. The quantitative estimate of drug-likeness (QED) is 0.755. The van der Waals surface area contributed by atoms with Gasteiger partial charge in [-0.25, -0.2) is 0 Å². The van der Waals surface area contributed by atoms with E-state index in [1.165, 1.54) is 11.3 Å². The number of aromatic hydroxyl groups is 1. The van der Waals surface area contributed by atoms with Crippen LogP contribution in [0.2, 0.25) is 0 Å². The van der Waals surface area contributed by atoms with E-state index < -0.39 is 5.97 Å². The van der Waals surface area contributed by atoms with Gasteiger partial charge in [0.15, 0.2) is 3.95 Å². The molecule has 2 N–H and O–H groups in total. The maximum absolute atomic E-state index is 10.4. The van der Waals surface area contributed by atoms with Crippen LogP contribution in [0.1, 0.15) is 17.7 Å². The van der Waals surface area contributed by atoms with Gasteiger partial charge in [0.1, 0.15) is 0 Å². The van der Waals surface area contributed by atoms with Crippen LogP contribution in [-0.2, 0) is 16.1 Å². The van der Waals surface area contributed by atoms with Crippen LogP contribution in [0.3, 0.4) is 0 Å². The van der Waals surface area contributed by atoms with Crippen molar-refractivity contribution in [1.29, 1.82) is 0 Å². The van der Waals surface area contributed by atoms with Crippen LogP contribution >= 0.6 is 23.6 Å². The Kier molecular flexibility index (Phi) is 6.03. The van der Waals surface area contributed by atoms with Crippen LogP contribution in [0.5, 0.6) is 5.88 Å². The fraction of sp³-hybridized carbons (Fsp3) is 0.455. The molecule has 7 heteroatoms. The standard InChI is InChI=1S/C11H15NO4S2/c1-16-7-3-4-8-10(15)12(11(17)18-8)6-2-5-9(13)14/h3-4,15H,2,5-7H2,1H3,(H,13,14). The molecule has 0 aliphatic heterocycles. The number of rotatable bonds is 7.